The molecule has 2 aliphatic rings. The van der Waals surface area contributed by atoms with E-state index in [2.05, 4.69) is 0 Å². The van der Waals surface area contributed by atoms with Gasteiger partial charge in [0.15, 0.2) is 0 Å². The Balaban J connectivity index is 1.52. The molecule has 1 heterocycles. The average Bonchev–Trinajstić information content (AvgIpc) is 2.89. The number of likely N-dealkylation sites (N-methyl/N-ethyl adjacent to an activating group) is 1. The van der Waals surface area contributed by atoms with Gasteiger partial charge in [-0.15, -0.1) is 0 Å². The Morgan fingerprint density at radius 2 is 1.81 bits per heavy atom. The third-order valence-electron chi connectivity index (χ3n) is 6.85. The van der Waals surface area contributed by atoms with Crippen LogP contribution in [0.25, 0.3) is 0 Å². The van der Waals surface area contributed by atoms with E-state index in [9.17, 15) is 14.4 Å². The number of amides is 2. The molecule has 2 aromatic rings. The number of anilines is 1. The van der Waals surface area contributed by atoms with Crippen molar-refractivity contribution in [1.82, 2.24) is 4.90 Å². The maximum Gasteiger partial charge on any atom is 0.303 e. The number of para-hydroxylation sites is 1. The van der Waals surface area contributed by atoms with Gasteiger partial charge in [0.2, 0.25) is 5.91 Å². The summed E-state index contributed by atoms with van der Waals surface area (Å²) in [7, 11) is 0. The molecule has 0 saturated heterocycles. The molecule has 36 heavy (non-hydrogen) atoms. The minimum atomic E-state index is -0.805. The number of benzene rings is 2. The summed E-state index contributed by atoms with van der Waals surface area (Å²) in [5.74, 6) is -1.17. The zero-order valence-corrected chi connectivity index (χ0v) is 21.2. The molecule has 1 aliphatic heterocycles. The van der Waals surface area contributed by atoms with E-state index < -0.39 is 5.97 Å². The fourth-order valence-corrected chi connectivity index (χ4v) is 5.11. The number of nitrogens with zero attached hydrogens (tertiary/aromatic N) is 2. The van der Waals surface area contributed by atoms with E-state index in [1.807, 2.05) is 60.4 Å². The molecule has 1 atom stereocenters. The highest BCUT2D eigenvalue weighted by molar-refractivity contribution is 6.29. The van der Waals surface area contributed by atoms with Crippen LogP contribution >= 0.6 is 11.6 Å². The fraction of sp³-hybridized carbons (Fsp3) is 0.345. The lowest BCUT2D eigenvalue weighted by molar-refractivity contribution is -0.137. The van der Waals surface area contributed by atoms with Gasteiger partial charge >= 0.3 is 5.97 Å². The minimum absolute atomic E-state index is 0.0560. The van der Waals surface area contributed by atoms with Crippen LogP contribution in [-0.4, -0.2) is 40.9 Å². The van der Waals surface area contributed by atoms with Crippen LogP contribution in [0.4, 0.5) is 5.69 Å². The number of carbonyl (C=O) groups excluding carboxylic acids is 2. The molecule has 1 N–H and O–H groups in total. The number of aliphatic carboxylic acids is 1. The van der Waals surface area contributed by atoms with Gasteiger partial charge in [0.1, 0.15) is 0 Å². The van der Waals surface area contributed by atoms with Gasteiger partial charge < -0.3 is 14.9 Å². The topological polar surface area (TPSA) is 77.9 Å². The summed E-state index contributed by atoms with van der Waals surface area (Å²) >= 11 is 6.12. The van der Waals surface area contributed by atoms with Gasteiger partial charge in [-0.2, -0.15) is 0 Å². The molecule has 1 aliphatic carbocycles. The first-order valence-corrected chi connectivity index (χ1v) is 12.8. The van der Waals surface area contributed by atoms with Gasteiger partial charge in [0, 0.05) is 41.5 Å². The molecule has 4 rings (SSSR count). The summed E-state index contributed by atoms with van der Waals surface area (Å²) in [6.07, 6.45) is 7.17. The van der Waals surface area contributed by atoms with Crippen molar-refractivity contribution in [2.75, 3.05) is 18.0 Å². The Kier molecular flexibility index (Phi) is 8.26. The first kappa shape index (κ1) is 25.7. The number of fused-ring (bicyclic) bond motifs is 1. The molecule has 7 heteroatoms. The first-order valence-electron chi connectivity index (χ1n) is 12.5. The Bertz CT molecular complexity index is 1200. The van der Waals surface area contributed by atoms with E-state index in [1.54, 1.807) is 17.0 Å². The normalized spacial score (nSPS) is 17.1. The number of carbonyl (C=O) groups is 3. The summed E-state index contributed by atoms with van der Waals surface area (Å²) in [5, 5.41) is 9.62. The summed E-state index contributed by atoms with van der Waals surface area (Å²) in [4.78, 5) is 41.5. The molecular formula is C29H31ClN2O4. The smallest absolute Gasteiger partial charge is 0.303 e. The number of aryl methyl sites for hydroxylation is 1. The molecule has 0 fully saturated rings. The number of rotatable bonds is 8. The lowest BCUT2D eigenvalue weighted by Gasteiger charge is -2.36. The molecule has 0 aromatic heterocycles. The van der Waals surface area contributed by atoms with E-state index >= 15 is 0 Å². The Labute approximate surface area is 216 Å². The van der Waals surface area contributed by atoms with Crippen molar-refractivity contribution in [3.63, 3.8) is 0 Å². The molecule has 2 aromatic carbocycles. The van der Waals surface area contributed by atoms with Crippen molar-refractivity contribution in [3.8, 4) is 0 Å². The second kappa shape index (κ2) is 11.6. The van der Waals surface area contributed by atoms with E-state index in [-0.39, 0.29) is 24.2 Å². The SMILES string of the molecule is CCN(C(=O)[C@H]1CCN(C(=O)c2ccc(CCCC(=O)O)cc2)c2ccccc21)C1=CC=C(Cl)CC1. The largest absolute Gasteiger partial charge is 0.481 e. The van der Waals surface area contributed by atoms with Gasteiger partial charge in [-0.25, -0.2) is 0 Å². The predicted octanol–water partition coefficient (Wildman–Crippen LogP) is 5.88. The van der Waals surface area contributed by atoms with Crippen LogP contribution in [0.15, 0.2) is 71.4 Å². The highest BCUT2D eigenvalue weighted by Gasteiger charge is 2.35. The molecule has 188 valence electrons. The lowest BCUT2D eigenvalue weighted by Crippen LogP contribution is -2.42. The molecule has 0 spiro atoms. The number of halogens is 1. The van der Waals surface area contributed by atoms with Gasteiger partial charge in [-0.1, -0.05) is 41.9 Å². The highest BCUT2D eigenvalue weighted by Crippen LogP contribution is 2.38. The fourth-order valence-electron chi connectivity index (χ4n) is 4.96. The summed E-state index contributed by atoms with van der Waals surface area (Å²) in [6.45, 7) is 3.01. The third kappa shape index (κ3) is 5.71. The van der Waals surface area contributed by atoms with Crippen molar-refractivity contribution in [2.24, 2.45) is 0 Å². The Morgan fingerprint density at radius 3 is 2.47 bits per heavy atom. The molecule has 0 radical (unpaired) electrons. The van der Waals surface area contributed by atoms with Gasteiger partial charge in [0.25, 0.3) is 5.91 Å². The van der Waals surface area contributed by atoms with Gasteiger partial charge in [-0.3, -0.25) is 14.4 Å². The van der Waals surface area contributed by atoms with Crippen LogP contribution in [0.2, 0.25) is 0 Å². The molecule has 0 bridgehead atoms. The minimum Gasteiger partial charge on any atom is -0.481 e. The average molecular weight is 507 g/mol. The maximum atomic E-state index is 13.7. The van der Waals surface area contributed by atoms with Gasteiger partial charge in [-0.05, 0) is 80.5 Å². The Hall–Kier alpha value is -3.38. The molecule has 2 amide bonds. The molecular weight excluding hydrogens is 476 g/mol. The maximum absolute atomic E-state index is 13.7. The van der Waals surface area contributed by atoms with Crippen LogP contribution in [-0.2, 0) is 16.0 Å². The first-order chi connectivity index (χ1) is 17.4. The summed E-state index contributed by atoms with van der Waals surface area (Å²) < 4.78 is 0. The molecule has 0 saturated carbocycles. The quantitative estimate of drug-likeness (QED) is 0.485. The second-order valence-corrected chi connectivity index (χ2v) is 9.64. The summed E-state index contributed by atoms with van der Waals surface area (Å²) in [6, 6.07) is 15.0. The zero-order valence-electron chi connectivity index (χ0n) is 20.5. The number of carboxylic acids is 1. The van der Waals surface area contributed by atoms with E-state index in [0.717, 1.165) is 40.4 Å². The van der Waals surface area contributed by atoms with Crippen molar-refractivity contribution >= 4 is 35.1 Å². The number of carboxylic acid groups (broad SMARTS) is 1. The van der Waals surface area contributed by atoms with Crippen molar-refractivity contribution in [1.29, 1.82) is 0 Å². The van der Waals surface area contributed by atoms with Gasteiger partial charge in [0.05, 0.1) is 5.92 Å². The van der Waals surface area contributed by atoms with Crippen LogP contribution in [0.1, 0.15) is 66.4 Å². The summed E-state index contributed by atoms with van der Waals surface area (Å²) in [5.41, 5.74) is 4.20. The van der Waals surface area contributed by atoms with E-state index in [0.29, 0.717) is 37.9 Å². The number of hydrogen-bond donors (Lipinski definition) is 1. The zero-order chi connectivity index (χ0) is 25.7. The van der Waals surface area contributed by atoms with Crippen molar-refractivity contribution in [2.45, 2.75) is 51.4 Å². The van der Waals surface area contributed by atoms with E-state index in [1.165, 1.54) is 0 Å². The van der Waals surface area contributed by atoms with Crippen LogP contribution < -0.4 is 4.90 Å². The van der Waals surface area contributed by atoms with E-state index in [4.69, 9.17) is 16.7 Å². The molecule has 0 unspecified atom stereocenters. The predicted molar refractivity (Wildman–Crippen MR) is 141 cm³/mol. The second-order valence-electron chi connectivity index (χ2n) is 9.16. The standard InChI is InChI=1S/C29H31ClN2O4/c1-2-31(23-16-14-22(30)15-17-23)29(36)25-18-19-32(26-8-4-3-7-24(25)26)28(35)21-12-10-20(11-13-21)6-5-9-27(33)34/h3-4,7-8,10-14,16,25H,2,5-6,9,15,17-19H2,1H3,(H,33,34)/t25-/m0/s1. The van der Waals surface area contributed by atoms with Crippen LogP contribution in [0.5, 0.6) is 0 Å². The lowest BCUT2D eigenvalue weighted by atomic mass is 9.88. The monoisotopic (exact) mass is 506 g/mol. The van der Waals surface area contributed by atoms with Crippen LogP contribution in [0, 0.1) is 0 Å². The highest BCUT2D eigenvalue weighted by atomic mass is 35.5. The van der Waals surface area contributed by atoms with Crippen LogP contribution in [0.3, 0.4) is 0 Å². The molecule has 6 nitrogen and oxygen atoms in total. The number of allylic oxidation sites excluding steroid dienone is 4. The van der Waals surface area contributed by atoms with Crippen molar-refractivity contribution < 1.29 is 19.5 Å². The van der Waals surface area contributed by atoms with Crippen molar-refractivity contribution in [3.05, 3.63) is 88.1 Å². The Morgan fingerprint density at radius 1 is 1.06 bits per heavy atom. The number of hydrogen-bond acceptors (Lipinski definition) is 3. The third-order valence-corrected chi connectivity index (χ3v) is 7.17.